The standard InChI is InChI=1S/C11H18N2O3S2/c1-11(14)5-2-6-13(8-11)18(15,16)10-4-3-9(7-12)17-10/h3-4,14H,2,5-8,12H2,1H3. The van der Waals surface area contributed by atoms with Gasteiger partial charge in [0.15, 0.2) is 0 Å². The number of sulfonamides is 1. The quantitative estimate of drug-likeness (QED) is 0.860. The van der Waals surface area contributed by atoms with Gasteiger partial charge in [-0.25, -0.2) is 8.42 Å². The zero-order valence-electron chi connectivity index (χ0n) is 10.3. The molecule has 0 spiro atoms. The first-order valence-corrected chi connectivity index (χ1v) is 8.12. The third-order valence-electron chi connectivity index (χ3n) is 3.07. The number of piperidine rings is 1. The molecule has 1 aromatic rings. The molecule has 1 aliphatic heterocycles. The van der Waals surface area contributed by atoms with Crippen LogP contribution in [0.15, 0.2) is 16.3 Å². The van der Waals surface area contributed by atoms with Crippen LogP contribution in [0.5, 0.6) is 0 Å². The minimum Gasteiger partial charge on any atom is -0.389 e. The number of rotatable bonds is 3. The van der Waals surface area contributed by atoms with Crippen LogP contribution in [0, 0.1) is 0 Å². The van der Waals surface area contributed by atoms with E-state index in [1.54, 1.807) is 19.1 Å². The highest BCUT2D eigenvalue weighted by Crippen LogP contribution is 2.29. The minimum atomic E-state index is -3.49. The molecule has 3 N–H and O–H groups in total. The van der Waals surface area contributed by atoms with Gasteiger partial charge < -0.3 is 10.8 Å². The van der Waals surface area contributed by atoms with Crippen LogP contribution in [0.1, 0.15) is 24.6 Å². The Balaban J connectivity index is 2.25. The van der Waals surface area contributed by atoms with E-state index in [2.05, 4.69) is 0 Å². The lowest BCUT2D eigenvalue weighted by Crippen LogP contribution is -2.48. The molecule has 1 aromatic heterocycles. The number of aliphatic hydroxyl groups is 1. The lowest BCUT2D eigenvalue weighted by molar-refractivity contribution is 0.00945. The second-order valence-electron chi connectivity index (χ2n) is 4.86. The Bertz CT molecular complexity index is 522. The maximum absolute atomic E-state index is 12.4. The molecule has 1 atom stereocenters. The lowest BCUT2D eigenvalue weighted by Gasteiger charge is -2.35. The van der Waals surface area contributed by atoms with Gasteiger partial charge in [0.2, 0.25) is 0 Å². The smallest absolute Gasteiger partial charge is 0.252 e. The van der Waals surface area contributed by atoms with Crippen LogP contribution in [0.2, 0.25) is 0 Å². The number of hydrogen-bond acceptors (Lipinski definition) is 5. The number of nitrogens with zero attached hydrogens (tertiary/aromatic N) is 1. The summed E-state index contributed by atoms with van der Waals surface area (Å²) in [6.07, 6.45) is 1.32. The summed E-state index contributed by atoms with van der Waals surface area (Å²) in [6.45, 7) is 2.64. The number of nitrogens with two attached hydrogens (primary N) is 1. The van der Waals surface area contributed by atoms with Crippen LogP contribution >= 0.6 is 11.3 Å². The molecule has 2 rings (SSSR count). The fourth-order valence-electron chi connectivity index (χ4n) is 2.11. The first-order valence-electron chi connectivity index (χ1n) is 5.86. The van der Waals surface area contributed by atoms with Crippen molar-refractivity contribution in [3.05, 3.63) is 17.0 Å². The molecule has 0 aromatic carbocycles. The van der Waals surface area contributed by atoms with Gasteiger partial charge >= 0.3 is 0 Å². The van der Waals surface area contributed by atoms with Crippen LogP contribution in [0.3, 0.4) is 0 Å². The van der Waals surface area contributed by atoms with E-state index in [4.69, 9.17) is 5.73 Å². The average Bonchev–Trinajstić information content (AvgIpc) is 2.76. The van der Waals surface area contributed by atoms with E-state index >= 15 is 0 Å². The molecule has 1 saturated heterocycles. The van der Waals surface area contributed by atoms with E-state index < -0.39 is 15.6 Å². The SMILES string of the molecule is CC1(O)CCCN(S(=O)(=O)c2ccc(CN)s2)C1. The summed E-state index contributed by atoms with van der Waals surface area (Å²) in [6, 6.07) is 3.32. The Morgan fingerprint density at radius 1 is 1.56 bits per heavy atom. The van der Waals surface area contributed by atoms with Crippen LogP contribution < -0.4 is 5.73 Å². The molecular formula is C11H18N2O3S2. The molecular weight excluding hydrogens is 272 g/mol. The normalized spacial score (nSPS) is 26.4. The highest BCUT2D eigenvalue weighted by atomic mass is 32.2. The largest absolute Gasteiger partial charge is 0.389 e. The highest BCUT2D eigenvalue weighted by Gasteiger charge is 2.36. The molecule has 0 amide bonds. The molecule has 0 saturated carbocycles. The van der Waals surface area contributed by atoms with Crippen molar-refractivity contribution in [2.24, 2.45) is 5.73 Å². The minimum absolute atomic E-state index is 0.158. The van der Waals surface area contributed by atoms with Gasteiger partial charge in [-0.2, -0.15) is 4.31 Å². The molecule has 7 heteroatoms. The Labute approximate surface area is 111 Å². The third-order valence-corrected chi connectivity index (χ3v) is 6.49. The van der Waals surface area contributed by atoms with Gasteiger partial charge in [-0.05, 0) is 31.9 Å². The topological polar surface area (TPSA) is 83.6 Å². The van der Waals surface area contributed by atoms with E-state index in [1.165, 1.54) is 15.6 Å². The summed E-state index contributed by atoms with van der Waals surface area (Å²) in [5.41, 5.74) is 4.56. The van der Waals surface area contributed by atoms with Gasteiger partial charge in [0.25, 0.3) is 10.0 Å². The molecule has 2 heterocycles. The summed E-state index contributed by atoms with van der Waals surface area (Å²) < 4.78 is 26.4. The molecule has 5 nitrogen and oxygen atoms in total. The van der Waals surface area contributed by atoms with Crippen LogP contribution in [-0.4, -0.2) is 36.5 Å². The molecule has 18 heavy (non-hydrogen) atoms. The van der Waals surface area contributed by atoms with Crippen molar-refractivity contribution in [1.82, 2.24) is 4.31 Å². The predicted octanol–water partition coefficient (Wildman–Crippen LogP) is 0.742. The Morgan fingerprint density at radius 2 is 2.28 bits per heavy atom. The van der Waals surface area contributed by atoms with Gasteiger partial charge in [0.1, 0.15) is 4.21 Å². The molecule has 1 unspecified atom stereocenters. The third kappa shape index (κ3) is 2.75. The zero-order chi connectivity index (χ0) is 13.4. The Hall–Kier alpha value is -0.470. The van der Waals surface area contributed by atoms with Crippen molar-refractivity contribution < 1.29 is 13.5 Å². The Kier molecular flexibility index (Phi) is 3.80. The second kappa shape index (κ2) is 4.90. The second-order valence-corrected chi connectivity index (χ2v) is 8.20. The molecule has 0 aliphatic carbocycles. The summed E-state index contributed by atoms with van der Waals surface area (Å²) in [5.74, 6) is 0. The number of β-amino-alcohol motifs (C(OH)–C–C–N with tert-alkyl or cyclic N) is 1. The molecule has 0 radical (unpaired) electrons. The van der Waals surface area contributed by atoms with Crippen molar-refractivity contribution in [1.29, 1.82) is 0 Å². The van der Waals surface area contributed by atoms with Gasteiger partial charge in [0, 0.05) is 24.5 Å². The molecule has 1 fully saturated rings. The van der Waals surface area contributed by atoms with Gasteiger partial charge in [-0.3, -0.25) is 0 Å². The average molecular weight is 290 g/mol. The summed E-state index contributed by atoms with van der Waals surface area (Å²) in [4.78, 5) is 0.845. The summed E-state index contributed by atoms with van der Waals surface area (Å²) in [5, 5.41) is 9.98. The number of thiophene rings is 1. The monoisotopic (exact) mass is 290 g/mol. The maximum Gasteiger partial charge on any atom is 0.252 e. The summed E-state index contributed by atoms with van der Waals surface area (Å²) in [7, 11) is -3.49. The van der Waals surface area contributed by atoms with Crippen molar-refractivity contribution in [3.63, 3.8) is 0 Å². The van der Waals surface area contributed by atoms with Crippen molar-refractivity contribution in [3.8, 4) is 0 Å². The lowest BCUT2D eigenvalue weighted by atomic mass is 9.97. The van der Waals surface area contributed by atoms with E-state index in [0.29, 0.717) is 30.1 Å². The first kappa shape index (κ1) is 14.0. The zero-order valence-corrected chi connectivity index (χ0v) is 11.9. The van der Waals surface area contributed by atoms with Crippen LogP contribution in [0.25, 0.3) is 0 Å². The molecule has 102 valence electrons. The molecule has 0 bridgehead atoms. The van der Waals surface area contributed by atoms with Gasteiger partial charge in [-0.1, -0.05) is 0 Å². The van der Waals surface area contributed by atoms with Crippen LogP contribution in [-0.2, 0) is 16.6 Å². The van der Waals surface area contributed by atoms with Gasteiger partial charge in [0.05, 0.1) is 5.60 Å². The highest BCUT2D eigenvalue weighted by molar-refractivity contribution is 7.91. The Morgan fingerprint density at radius 3 is 2.83 bits per heavy atom. The van der Waals surface area contributed by atoms with Crippen molar-refractivity contribution in [2.75, 3.05) is 13.1 Å². The van der Waals surface area contributed by atoms with Crippen LogP contribution in [0.4, 0.5) is 0 Å². The van der Waals surface area contributed by atoms with E-state index in [-0.39, 0.29) is 6.54 Å². The molecule has 1 aliphatic rings. The van der Waals surface area contributed by atoms with E-state index in [9.17, 15) is 13.5 Å². The number of hydrogen-bond donors (Lipinski definition) is 2. The fraction of sp³-hybridized carbons (Fsp3) is 0.636. The predicted molar refractivity (Wildman–Crippen MR) is 70.8 cm³/mol. The summed E-state index contributed by atoms with van der Waals surface area (Å²) >= 11 is 1.20. The van der Waals surface area contributed by atoms with Crippen molar-refractivity contribution >= 4 is 21.4 Å². The van der Waals surface area contributed by atoms with Crippen molar-refractivity contribution in [2.45, 2.75) is 36.1 Å². The van der Waals surface area contributed by atoms with E-state index in [1.807, 2.05) is 0 Å². The fourth-order valence-corrected chi connectivity index (χ4v) is 5.10. The maximum atomic E-state index is 12.4. The van der Waals surface area contributed by atoms with Gasteiger partial charge in [-0.15, -0.1) is 11.3 Å². The van der Waals surface area contributed by atoms with E-state index in [0.717, 1.165) is 4.88 Å². The first-order chi connectivity index (χ1) is 8.35.